The van der Waals surface area contributed by atoms with E-state index in [0.717, 1.165) is 43.0 Å². The zero-order chi connectivity index (χ0) is 18.5. The Morgan fingerprint density at radius 3 is 2.56 bits per heavy atom. The van der Waals surface area contributed by atoms with E-state index in [-0.39, 0.29) is 5.82 Å². The second kappa shape index (κ2) is 6.25. The van der Waals surface area contributed by atoms with E-state index in [1.54, 1.807) is 17.8 Å². The molecule has 0 spiro atoms. The van der Waals surface area contributed by atoms with Crippen LogP contribution in [-0.2, 0) is 7.05 Å². The third-order valence-corrected chi connectivity index (χ3v) is 6.14. The normalized spacial score (nSPS) is 11.7. The molecule has 2 nitrogen and oxygen atoms in total. The maximum atomic E-state index is 14.1. The van der Waals surface area contributed by atoms with Crippen molar-refractivity contribution in [2.24, 2.45) is 7.05 Å². The number of para-hydroxylation sites is 1. The van der Waals surface area contributed by atoms with E-state index in [9.17, 15) is 4.39 Å². The zero-order valence-corrected chi connectivity index (χ0v) is 16.0. The van der Waals surface area contributed by atoms with Gasteiger partial charge in [0.25, 0.3) is 0 Å². The van der Waals surface area contributed by atoms with E-state index >= 15 is 0 Å². The zero-order valence-electron chi connectivity index (χ0n) is 14.4. The minimum absolute atomic E-state index is 0.254. The highest BCUT2D eigenvalue weighted by Gasteiger charge is 2.23. The largest absolute Gasteiger partial charge is 0.342 e. The molecular formula is C22H14ClFN2S. The SMILES string of the molecule is Cn1c2c3ccccc3nc-2c(Sc2ccc(Cl)cc2)c2cc(F)ccc21. The molecule has 0 amide bonds. The molecule has 0 saturated heterocycles. The lowest BCUT2D eigenvalue weighted by Gasteiger charge is -2.17. The molecular weight excluding hydrogens is 379 g/mol. The van der Waals surface area contributed by atoms with Gasteiger partial charge in [0, 0.05) is 38.2 Å². The van der Waals surface area contributed by atoms with Crippen molar-refractivity contribution in [3.05, 3.63) is 77.6 Å². The van der Waals surface area contributed by atoms with Crippen LogP contribution in [0, 0.1) is 5.82 Å². The van der Waals surface area contributed by atoms with Crippen molar-refractivity contribution in [2.75, 3.05) is 0 Å². The van der Waals surface area contributed by atoms with E-state index < -0.39 is 0 Å². The van der Waals surface area contributed by atoms with Gasteiger partial charge in [0.1, 0.15) is 11.5 Å². The summed E-state index contributed by atoms with van der Waals surface area (Å²) in [4.78, 5) is 6.87. The molecule has 5 rings (SSSR count). The lowest BCUT2D eigenvalue weighted by atomic mass is 10.1. The minimum Gasteiger partial charge on any atom is -0.342 e. The molecule has 3 aromatic carbocycles. The van der Waals surface area contributed by atoms with Crippen LogP contribution in [0.15, 0.2) is 76.5 Å². The molecule has 0 N–H and O–H groups in total. The molecule has 27 heavy (non-hydrogen) atoms. The Balaban J connectivity index is 1.88. The summed E-state index contributed by atoms with van der Waals surface area (Å²) in [6.07, 6.45) is 0. The predicted octanol–water partition coefficient (Wildman–Crippen LogP) is 6.78. The fourth-order valence-electron chi connectivity index (χ4n) is 3.52. The molecule has 2 aliphatic rings. The molecule has 132 valence electrons. The van der Waals surface area contributed by atoms with Gasteiger partial charge in [-0.1, -0.05) is 41.6 Å². The van der Waals surface area contributed by atoms with Gasteiger partial charge in [0.05, 0.1) is 11.2 Å². The van der Waals surface area contributed by atoms with Crippen LogP contribution in [0.4, 0.5) is 4.39 Å². The first kappa shape index (κ1) is 16.6. The molecule has 0 fully saturated rings. The van der Waals surface area contributed by atoms with E-state index in [1.807, 2.05) is 55.6 Å². The standard InChI is InChI=1S/C22H14ClFN2S/c1-26-19-11-8-14(24)12-17(19)22(27-15-9-6-13(23)7-10-15)20-21(26)16-4-2-3-5-18(16)25-20/h2-12H,1H3. The topological polar surface area (TPSA) is 17.8 Å². The Labute approximate surface area is 164 Å². The number of hydrogen-bond donors (Lipinski definition) is 0. The summed E-state index contributed by atoms with van der Waals surface area (Å²) in [5, 5.41) is 2.64. The van der Waals surface area contributed by atoms with Crippen molar-refractivity contribution in [2.45, 2.75) is 9.79 Å². The molecule has 0 saturated carbocycles. The van der Waals surface area contributed by atoms with Crippen LogP contribution in [0.5, 0.6) is 0 Å². The van der Waals surface area contributed by atoms with Gasteiger partial charge in [-0.3, -0.25) is 0 Å². The van der Waals surface area contributed by atoms with Crippen molar-refractivity contribution in [3.8, 4) is 11.4 Å². The lowest BCUT2D eigenvalue weighted by molar-refractivity contribution is 0.629. The number of nitrogens with zero attached hydrogens (tertiary/aromatic N) is 2. The molecule has 0 unspecified atom stereocenters. The molecule has 3 aromatic rings. The Bertz CT molecular complexity index is 1280. The number of fused-ring (bicyclic) bond motifs is 4. The summed E-state index contributed by atoms with van der Waals surface area (Å²) in [6.45, 7) is 0. The predicted molar refractivity (Wildman–Crippen MR) is 110 cm³/mol. The molecule has 2 aliphatic heterocycles. The van der Waals surface area contributed by atoms with Gasteiger partial charge in [0.15, 0.2) is 0 Å². The Morgan fingerprint density at radius 1 is 0.963 bits per heavy atom. The van der Waals surface area contributed by atoms with Gasteiger partial charge in [-0.05, 0) is 48.5 Å². The van der Waals surface area contributed by atoms with E-state index in [0.29, 0.717) is 5.02 Å². The average Bonchev–Trinajstić information content (AvgIpc) is 3.06. The number of pyridine rings is 1. The van der Waals surface area contributed by atoms with E-state index in [2.05, 4.69) is 10.6 Å². The second-order valence-electron chi connectivity index (χ2n) is 6.43. The molecule has 5 heteroatoms. The number of rotatable bonds is 2. The van der Waals surface area contributed by atoms with Crippen LogP contribution in [-0.4, -0.2) is 9.55 Å². The maximum absolute atomic E-state index is 14.1. The Hall–Kier alpha value is -2.56. The average molecular weight is 393 g/mol. The van der Waals surface area contributed by atoms with Crippen LogP contribution in [0.3, 0.4) is 0 Å². The number of benzene rings is 3. The summed E-state index contributed by atoms with van der Waals surface area (Å²) in [7, 11) is 2.01. The summed E-state index contributed by atoms with van der Waals surface area (Å²) in [5.41, 5.74) is 3.85. The van der Waals surface area contributed by atoms with Gasteiger partial charge in [-0.15, -0.1) is 0 Å². The smallest absolute Gasteiger partial charge is 0.124 e. The Kier molecular flexibility index (Phi) is 3.85. The van der Waals surface area contributed by atoms with Crippen molar-refractivity contribution in [3.63, 3.8) is 0 Å². The highest BCUT2D eigenvalue weighted by molar-refractivity contribution is 7.99. The maximum Gasteiger partial charge on any atom is 0.124 e. The van der Waals surface area contributed by atoms with Crippen LogP contribution in [0.25, 0.3) is 33.2 Å². The third-order valence-electron chi connectivity index (χ3n) is 4.76. The van der Waals surface area contributed by atoms with Gasteiger partial charge in [-0.25, -0.2) is 9.37 Å². The fraction of sp³-hybridized carbons (Fsp3) is 0.0455. The molecule has 2 heterocycles. The molecule has 0 atom stereocenters. The van der Waals surface area contributed by atoms with Gasteiger partial charge in [0.2, 0.25) is 0 Å². The van der Waals surface area contributed by atoms with Crippen molar-refractivity contribution < 1.29 is 4.39 Å². The van der Waals surface area contributed by atoms with Crippen LogP contribution < -0.4 is 0 Å². The van der Waals surface area contributed by atoms with E-state index in [4.69, 9.17) is 16.6 Å². The van der Waals surface area contributed by atoms with Crippen molar-refractivity contribution in [1.82, 2.24) is 9.55 Å². The van der Waals surface area contributed by atoms with Crippen molar-refractivity contribution >= 4 is 45.2 Å². The van der Waals surface area contributed by atoms with E-state index in [1.165, 1.54) is 6.07 Å². The summed E-state index contributed by atoms with van der Waals surface area (Å²) < 4.78 is 16.2. The first-order valence-electron chi connectivity index (χ1n) is 8.51. The van der Waals surface area contributed by atoms with Gasteiger partial charge < -0.3 is 4.57 Å². The number of hydrogen-bond acceptors (Lipinski definition) is 2. The quantitative estimate of drug-likeness (QED) is 0.329. The highest BCUT2D eigenvalue weighted by atomic mass is 35.5. The minimum atomic E-state index is -0.254. The fourth-order valence-corrected chi connectivity index (χ4v) is 4.67. The molecule has 0 radical (unpaired) electrons. The first-order valence-corrected chi connectivity index (χ1v) is 9.71. The van der Waals surface area contributed by atoms with Crippen molar-refractivity contribution in [1.29, 1.82) is 0 Å². The van der Waals surface area contributed by atoms with Gasteiger partial charge >= 0.3 is 0 Å². The molecule has 0 bridgehead atoms. The van der Waals surface area contributed by atoms with Gasteiger partial charge in [-0.2, -0.15) is 0 Å². The van der Waals surface area contributed by atoms with Crippen LogP contribution in [0.1, 0.15) is 0 Å². The second-order valence-corrected chi connectivity index (χ2v) is 7.95. The Morgan fingerprint density at radius 2 is 1.74 bits per heavy atom. The lowest BCUT2D eigenvalue weighted by Crippen LogP contribution is -2.01. The summed E-state index contributed by atoms with van der Waals surface area (Å²) in [6, 6.07) is 20.7. The third kappa shape index (κ3) is 2.68. The van der Waals surface area contributed by atoms with Crippen LogP contribution >= 0.6 is 23.4 Å². The van der Waals surface area contributed by atoms with Crippen LogP contribution in [0.2, 0.25) is 5.02 Å². The molecule has 0 aliphatic carbocycles. The monoisotopic (exact) mass is 392 g/mol. The highest BCUT2D eigenvalue weighted by Crippen LogP contribution is 2.45. The number of halogens is 2. The number of aromatic nitrogens is 2. The molecule has 0 aromatic heterocycles. The first-order chi connectivity index (χ1) is 13.1. The number of aryl methyl sites for hydroxylation is 1. The summed E-state index contributed by atoms with van der Waals surface area (Å²) >= 11 is 7.61. The summed E-state index contributed by atoms with van der Waals surface area (Å²) in [5.74, 6) is -0.254.